The summed E-state index contributed by atoms with van der Waals surface area (Å²) in [7, 11) is -3.63. The molecule has 1 heterocycles. The number of sulfone groups is 1. The van der Waals surface area contributed by atoms with Crippen LogP contribution in [0.2, 0.25) is 0 Å². The van der Waals surface area contributed by atoms with Crippen molar-refractivity contribution in [3.63, 3.8) is 0 Å². The molecule has 0 aliphatic heterocycles. The van der Waals surface area contributed by atoms with Crippen LogP contribution in [0.5, 0.6) is 0 Å². The number of aryl methyl sites for hydroxylation is 1. The second-order valence-electron chi connectivity index (χ2n) is 8.05. The maximum Gasteiger partial charge on any atom is 0.287 e. The Morgan fingerprint density at radius 2 is 1.60 bits per heavy atom. The monoisotopic (exact) mass is 488 g/mol. The molecule has 4 rings (SSSR count). The molecular weight excluding hydrogens is 464 g/mol. The van der Waals surface area contributed by atoms with Gasteiger partial charge in [-0.15, -0.1) is 0 Å². The van der Waals surface area contributed by atoms with Crippen LogP contribution in [0.25, 0.3) is 0 Å². The lowest BCUT2D eigenvalue weighted by Crippen LogP contribution is -2.24. The zero-order valence-corrected chi connectivity index (χ0v) is 19.8. The smallest absolute Gasteiger partial charge is 0.287 e. The molecule has 1 aromatic heterocycles. The number of rotatable bonds is 8. The molecule has 35 heavy (non-hydrogen) atoms. The molecule has 2 N–H and O–H groups in total. The maximum atomic E-state index is 12.7. The molecule has 7 nitrogen and oxygen atoms in total. The van der Waals surface area contributed by atoms with Crippen molar-refractivity contribution in [1.29, 1.82) is 0 Å². The Labute approximate surface area is 203 Å². The predicted octanol–water partition coefficient (Wildman–Crippen LogP) is 4.74. The van der Waals surface area contributed by atoms with E-state index in [0.717, 1.165) is 11.1 Å². The number of amides is 2. The second kappa shape index (κ2) is 10.4. The number of carbonyl (C=O) groups is 2. The van der Waals surface area contributed by atoms with E-state index < -0.39 is 15.7 Å². The highest BCUT2D eigenvalue weighted by Crippen LogP contribution is 2.20. The van der Waals surface area contributed by atoms with Crippen LogP contribution < -0.4 is 10.6 Å². The van der Waals surface area contributed by atoms with Crippen LogP contribution >= 0.6 is 0 Å². The fraction of sp³-hybridized carbons (Fsp3) is 0.111. The van der Waals surface area contributed by atoms with Crippen molar-refractivity contribution in [3.8, 4) is 0 Å². The fourth-order valence-corrected chi connectivity index (χ4v) is 4.87. The van der Waals surface area contributed by atoms with Gasteiger partial charge in [-0.25, -0.2) is 8.42 Å². The van der Waals surface area contributed by atoms with Crippen molar-refractivity contribution in [3.05, 3.63) is 119 Å². The van der Waals surface area contributed by atoms with E-state index in [2.05, 4.69) is 10.6 Å². The first kappa shape index (κ1) is 24.0. The van der Waals surface area contributed by atoms with Crippen molar-refractivity contribution in [2.75, 3.05) is 5.32 Å². The van der Waals surface area contributed by atoms with Crippen LogP contribution in [0, 0.1) is 6.92 Å². The van der Waals surface area contributed by atoms with E-state index >= 15 is 0 Å². The Kier molecular flexibility index (Phi) is 7.12. The summed E-state index contributed by atoms with van der Waals surface area (Å²) in [4.78, 5) is 25.4. The molecule has 0 saturated heterocycles. The Morgan fingerprint density at radius 3 is 2.34 bits per heavy atom. The number of carbonyl (C=O) groups excluding carboxylic acids is 2. The van der Waals surface area contributed by atoms with Gasteiger partial charge in [-0.1, -0.05) is 48.0 Å². The zero-order chi connectivity index (χ0) is 24.8. The molecule has 0 atom stereocenters. The number of anilines is 1. The molecule has 178 valence electrons. The molecule has 4 aromatic rings. The van der Waals surface area contributed by atoms with Crippen LogP contribution in [0.3, 0.4) is 0 Å². The topological polar surface area (TPSA) is 105 Å². The summed E-state index contributed by atoms with van der Waals surface area (Å²) >= 11 is 0. The van der Waals surface area contributed by atoms with Gasteiger partial charge in [0.25, 0.3) is 11.8 Å². The van der Waals surface area contributed by atoms with E-state index in [1.807, 2.05) is 25.1 Å². The van der Waals surface area contributed by atoms with E-state index in [1.165, 1.54) is 24.5 Å². The zero-order valence-electron chi connectivity index (χ0n) is 19.0. The number of benzene rings is 3. The quantitative estimate of drug-likeness (QED) is 0.373. The summed E-state index contributed by atoms with van der Waals surface area (Å²) in [5.41, 5.74) is 3.24. The second-order valence-corrected chi connectivity index (χ2v) is 10.0. The fourth-order valence-electron chi connectivity index (χ4n) is 3.49. The minimum atomic E-state index is -3.63. The highest BCUT2D eigenvalue weighted by atomic mass is 32.2. The van der Waals surface area contributed by atoms with E-state index in [-0.39, 0.29) is 34.4 Å². The van der Waals surface area contributed by atoms with Crippen LogP contribution in [0.15, 0.2) is 101 Å². The minimum Gasteiger partial charge on any atom is -0.459 e. The lowest BCUT2D eigenvalue weighted by atomic mass is 10.1. The average Bonchev–Trinajstić information content (AvgIpc) is 3.31. The van der Waals surface area contributed by atoms with Gasteiger partial charge < -0.3 is 15.1 Å². The van der Waals surface area contributed by atoms with Gasteiger partial charge in [0.05, 0.1) is 16.9 Å². The van der Waals surface area contributed by atoms with Gasteiger partial charge in [-0.05, 0) is 55.0 Å². The summed E-state index contributed by atoms with van der Waals surface area (Å²) in [6, 6.07) is 23.9. The first-order valence-corrected chi connectivity index (χ1v) is 12.6. The Bertz CT molecular complexity index is 1440. The van der Waals surface area contributed by atoms with Gasteiger partial charge >= 0.3 is 0 Å². The Hall–Kier alpha value is -4.17. The van der Waals surface area contributed by atoms with Gasteiger partial charge in [-0.3, -0.25) is 9.59 Å². The molecule has 8 heteroatoms. The van der Waals surface area contributed by atoms with Crippen LogP contribution in [-0.2, 0) is 22.1 Å². The SMILES string of the molecule is Cc1ccc(C(=O)Nc2cccc(CNC(=O)c3occc3CS(=O)(=O)c3ccccc3)c2)cc1. The third-order valence-electron chi connectivity index (χ3n) is 5.35. The lowest BCUT2D eigenvalue weighted by molar-refractivity contribution is 0.0921. The molecule has 0 saturated carbocycles. The summed E-state index contributed by atoms with van der Waals surface area (Å²) in [6.07, 6.45) is 1.30. The number of hydrogen-bond acceptors (Lipinski definition) is 5. The molecule has 0 unspecified atom stereocenters. The molecule has 2 amide bonds. The highest BCUT2D eigenvalue weighted by Gasteiger charge is 2.22. The first-order chi connectivity index (χ1) is 16.8. The van der Waals surface area contributed by atoms with E-state index in [9.17, 15) is 18.0 Å². The Morgan fingerprint density at radius 1 is 0.857 bits per heavy atom. The van der Waals surface area contributed by atoms with Crippen molar-refractivity contribution in [2.24, 2.45) is 0 Å². The summed E-state index contributed by atoms with van der Waals surface area (Å²) in [6.45, 7) is 2.12. The molecule has 3 aromatic carbocycles. The van der Waals surface area contributed by atoms with Crippen molar-refractivity contribution in [2.45, 2.75) is 24.1 Å². The summed E-state index contributed by atoms with van der Waals surface area (Å²) in [5.74, 6) is -1.15. The average molecular weight is 489 g/mol. The molecule has 0 aliphatic carbocycles. The maximum absolute atomic E-state index is 12.7. The van der Waals surface area contributed by atoms with Crippen molar-refractivity contribution >= 4 is 27.3 Å². The first-order valence-electron chi connectivity index (χ1n) is 10.9. The molecule has 0 radical (unpaired) electrons. The molecule has 0 fully saturated rings. The minimum absolute atomic E-state index is 0.0478. The largest absolute Gasteiger partial charge is 0.459 e. The third kappa shape index (κ3) is 6.04. The lowest BCUT2D eigenvalue weighted by Gasteiger charge is -2.09. The van der Waals surface area contributed by atoms with Crippen LogP contribution in [-0.4, -0.2) is 20.2 Å². The van der Waals surface area contributed by atoms with Crippen LogP contribution in [0.1, 0.15) is 37.6 Å². The van der Waals surface area contributed by atoms with Gasteiger partial charge in [0.2, 0.25) is 0 Å². The van der Waals surface area contributed by atoms with E-state index in [0.29, 0.717) is 11.3 Å². The van der Waals surface area contributed by atoms with Crippen molar-refractivity contribution in [1.82, 2.24) is 5.32 Å². The molecule has 0 bridgehead atoms. The van der Waals surface area contributed by atoms with Gasteiger partial charge in [-0.2, -0.15) is 0 Å². The van der Waals surface area contributed by atoms with E-state index in [1.54, 1.807) is 48.5 Å². The molecule has 0 spiro atoms. The van der Waals surface area contributed by atoms with Crippen molar-refractivity contribution < 1.29 is 22.4 Å². The van der Waals surface area contributed by atoms with Gasteiger partial charge in [0.15, 0.2) is 15.6 Å². The standard InChI is InChI=1S/C27H24N2O5S/c1-19-10-12-21(13-11-19)26(30)29-23-7-5-6-20(16-23)17-28-27(31)25-22(14-15-34-25)18-35(32,33)24-8-3-2-4-9-24/h2-16H,17-18H2,1H3,(H,28,31)(H,29,30). The normalized spacial score (nSPS) is 11.1. The van der Waals surface area contributed by atoms with Gasteiger partial charge in [0.1, 0.15) is 0 Å². The van der Waals surface area contributed by atoms with E-state index in [4.69, 9.17) is 4.42 Å². The summed E-state index contributed by atoms with van der Waals surface area (Å²) < 4.78 is 30.7. The number of nitrogens with one attached hydrogen (secondary N) is 2. The Balaban J connectivity index is 1.39. The summed E-state index contributed by atoms with van der Waals surface area (Å²) in [5, 5.41) is 5.59. The molecular formula is C27H24N2O5S. The van der Waals surface area contributed by atoms with Gasteiger partial charge in [0, 0.05) is 23.4 Å². The third-order valence-corrected chi connectivity index (χ3v) is 7.03. The predicted molar refractivity (Wildman–Crippen MR) is 133 cm³/mol. The van der Waals surface area contributed by atoms with Crippen LogP contribution in [0.4, 0.5) is 5.69 Å². The molecule has 0 aliphatic rings. The number of furan rings is 1. The highest BCUT2D eigenvalue weighted by molar-refractivity contribution is 7.90. The number of hydrogen-bond donors (Lipinski definition) is 2.